The summed E-state index contributed by atoms with van der Waals surface area (Å²) in [5.41, 5.74) is 0.270. The third-order valence-corrected chi connectivity index (χ3v) is 10.4. The van der Waals surface area contributed by atoms with Gasteiger partial charge in [-0.3, -0.25) is 4.79 Å². The molecule has 5 nitrogen and oxygen atoms in total. The number of unbranched alkanes of at least 4 members (excludes halogenated alkanes) is 2. The van der Waals surface area contributed by atoms with Gasteiger partial charge in [-0.2, -0.15) is 0 Å². The number of halogens is 1. The maximum Gasteiger partial charge on any atom is 0.305 e. The van der Waals surface area contributed by atoms with Crippen molar-refractivity contribution in [1.29, 1.82) is 0 Å². The molecule has 0 aromatic rings. The minimum Gasteiger partial charge on any atom is -0.461 e. The molecule has 0 aliphatic heterocycles. The van der Waals surface area contributed by atoms with E-state index in [2.05, 4.69) is 22.9 Å². The Bertz CT molecular complexity index is 671. The second kappa shape index (κ2) is 10.4. The first-order valence-electron chi connectivity index (χ1n) is 13.0. The highest BCUT2D eigenvalue weighted by molar-refractivity contribution is 9.09. The van der Waals surface area contributed by atoms with Crippen molar-refractivity contribution in [2.75, 3.05) is 6.61 Å². The van der Waals surface area contributed by atoms with Crippen molar-refractivity contribution in [2.24, 2.45) is 35.0 Å². The summed E-state index contributed by atoms with van der Waals surface area (Å²) in [5, 5.41) is 11.4. The Morgan fingerprint density at radius 1 is 1.16 bits per heavy atom. The van der Waals surface area contributed by atoms with Crippen molar-refractivity contribution in [2.45, 2.75) is 108 Å². The fourth-order valence-electron chi connectivity index (χ4n) is 7.90. The van der Waals surface area contributed by atoms with Gasteiger partial charge in [0, 0.05) is 25.4 Å². The number of alkyl halides is 1. The molecule has 4 aliphatic carbocycles. The zero-order valence-electron chi connectivity index (χ0n) is 19.7. The maximum absolute atomic E-state index is 12.0. The van der Waals surface area contributed by atoms with E-state index < -0.39 is 0 Å². The summed E-state index contributed by atoms with van der Waals surface area (Å²) < 4.78 is 12.0. The van der Waals surface area contributed by atoms with Gasteiger partial charge >= 0.3 is 5.97 Å². The van der Waals surface area contributed by atoms with Crippen LogP contribution in [0.2, 0.25) is 0 Å². The smallest absolute Gasteiger partial charge is 0.305 e. The number of fused-ring (bicyclic) bond motifs is 5. The molecule has 0 radical (unpaired) electrons. The van der Waals surface area contributed by atoms with E-state index in [1.54, 1.807) is 0 Å². The fraction of sp³-hybridized carbons (Fsp3) is 0.923. The van der Waals surface area contributed by atoms with Crippen molar-refractivity contribution >= 4 is 28.2 Å². The van der Waals surface area contributed by atoms with Crippen LogP contribution in [-0.2, 0) is 19.1 Å². The van der Waals surface area contributed by atoms with Crippen LogP contribution in [0.3, 0.4) is 0 Å². The highest BCUT2D eigenvalue weighted by Crippen LogP contribution is 2.64. The molecule has 0 spiro atoms. The van der Waals surface area contributed by atoms with Gasteiger partial charge in [0.15, 0.2) is 0 Å². The number of aliphatic hydroxyl groups excluding tert-OH is 1. The Morgan fingerprint density at radius 3 is 2.72 bits per heavy atom. The van der Waals surface area contributed by atoms with Gasteiger partial charge in [0.25, 0.3) is 0 Å². The number of rotatable bonds is 8. The number of ether oxygens (including phenoxy) is 2. The van der Waals surface area contributed by atoms with Gasteiger partial charge in [-0.1, -0.05) is 29.8 Å². The number of esters is 1. The molecule has 4 saturated carbocycles. The van der Waals surface area contributed by atoms with Gasteiger partial charge in [-0.15, -0.1) is 0 Å². The highest BCUT2D eigenvalue weighted by atomic mass is 79.9. The average molecular weight is 514 g/mol. The molecule has 0 bridgehead atoms. The summed E-state index contributed by atoms with van der Waals surface area (Å²) in [6.07, 6.45) is 11.3. The molecule has 4 unspecified atom stereocenters. The van der Waals surface area contributed by atoms with Gasteiger partial charge in [-0.05, 0) is 86.9 Å². The number of hydrogen-bond acceptors (Lipinski definition) is 5. The van der Waals surface area contributed by atoms with Crippen molar-refractivity contribution < 1.29 is 24.2 Å². The van der Waals surface area contributed by atoms with Gasteiger partial charge in [0.05, 0.1) is 17.0 Å². The SMILES string of the molecule is CCC(=O)O[C@H]1[C@H](Br)CC2C3C(CC[C@@H]21)[C@@]1(C)CC[C@H](OCCCCC=O)CC1C[C@@H]3O. The van der Waals surface area contributed by atoms with Crippen LogP contribution >= 0.6 is 15.9 Å². The first-order valence-corrected chi connectivity index (χ1v) is 13.9. The van der Waals surface area contributed by atoms with Crippen molar-refractivity contribution in [3.05, 3.63) is 0 Å². The third-order valence-electron chi connectivity index (χ3n) is 9.52. The Kier molecular flexibility index (Phi) is 8.04. The number of carbonyl (C=O) groups is 2. The van der Waals surface area contributed by atoms with Crippen LogP contribution in [0.25, 0.3) is 0 Å². The summed E-state index contributed by atoms with van der Waals surface area (Å²) in [6, 6.07) is 0. The quantitative estimate of drug-likeness (QED) is 0.213. The van der Waals surface area contributed by atoms with Gasteiger partial charge in [0.1, 0.15) is 12.4 Å². The van der Waals surface area contributed by atoms with Crippen LogP contribution in [0.15, 0.2) is 0 Å². The Hall–Kier alpha value is -0.460. The average Bonchev–Trinajstić information content (AvgIpc) is 3.09. The molecule has 4 fully saturated rings. The molecular formula is C26H41BrO5. The first-order chi connectivity index (χ1) is 15.4. The summed E-state index contributed by atoms with van der Waals surface area (Å²) in [7, 11) is 0. The van der Waals surface area contributed by atoms with Gasteiger partial charge in [-0.25, -0.2) is 0 Å². The lowest BCUT2D eigenvalue weighted by molar-refractivity contribution is -0.170. The zero-order valence-corrected chi connectivity index (χ0v) is 21.3. The fourth-order valence-corrected chi connectivity index (χ4v) is 8.83. The van der Waals surface area contributed by atoms with E-state index >= 15 is 0 Å². The van der Waals surface area contributed by atoms with E-state index in [1.807, 2.05) is 6.92 Å². The standard InChI is InChI=1S/C26H41BrO5/c1-3-23(30)32-25-18-7-8-20-24(19(18)15-21(25)27)22(29)14-16-13-17(9-10-26(16,20)2)31-12-6-4-5-11-28/h11,16-22,24-25,29H,3-10,12-15H2,1-2H3/t16?,17-,18-,19?,20?,21+,22-,24?,25+,26-/m0/s1. The molecule has 4 rings (SSSR count). The monoisotopic (exact) mass is 512 g/mol. The van der Waals surface area contributed by atoms with Gasteiger partial charge in [0.2, 0.25) is 0 Å². The molecular weight excluding hydrogens is 472 g/mol. The van der Waals surface area contributed by atoms with Crippen LogP contribution in [0.1, 0.15) is 84.5 Å². The van der Waals surface area contributed by atoms with E-state index in [9.17, 15) is 14.7 Å². The van der Waals surface area contributed by atoms with Crippen molar-refractivity contribution in [3.63, 3.8) is 0 Å². The highest BCUT2D eigenvalue weighted by Gasteiger charge is 2.61. The van der Waals surface area contributed by atoms with Crippen LogP contribution in [0.4, 0.5) is 0 Å². The molecule has 0 heterocycles. The lowest BCUT2D eigenvalue weighted by Gasteiger charge is -2.60. The number of carbonyl (C=O) groups excluding carboxylic acids is 2. The lowest BCUT2D eigenvalue weighted by atomic mass is 9.46. The molecule has 32 heavy (non-hydrogen) atoms. The maximum atomic E-state index is 12.0. The Balaban J connectivity index is 1.41. The molecule has 0 aromatic carbocycles. The largest absolute Gasteiger partial charge is 0.461 e. The molecule has 0 amide bonds. The predicted molar refractivity (Wildman–Crippen MR) is 126 cm³/mol. The minimum absolute atomic E-state index is 0.0468. The van der Waals surface area contributed by atoms with Crippen LogP contribution < -0.4 is 0 Å². The third kappa shape index (κ3) is 4.70. The van der Waals surface area contributed by atoms with E-state index in [-0.39, 0.29) is 28.4 Å². The topological polar surface area (TPSA) is 72.8 Å². The molecule has 182 valence electrons. The minimum atomic E-state index is -0.266. The summed E-state index contributed by atoms with van der Waals surface area (Å²) in [6.45, 7) is 5.08. The second-order valence-electron chi connectivity index (χ2n) is 11.1. The van der Waals surface area contributed by atoms with Crippen LogP contribution in [0.5, 0.6) is 0 Å². The van der Waals surface area contributed by atoms with Crippen molar-refractivity contribution in [3.8, 4) is 0 Å². The summed E-state index contributed by atoms with van der Waals surface area (Å²) in [5.74, 6) is 2.08. The van der Waals surface area contributed by atoms with E-state index in [4.69, 9.17) is 9.47 Å². The number of hydrogen-bond donors (Lipinski definition) is 1. The molecule has 4 aliphatic rings. The van der Waals surface area contributed by atoms with E-state index in [0.29, 0.717) is 48.5 Å². The van der Waals surface area contributed by atoms with Crippen molar-refractivity contribution in [1.82, 2.24) is 0 Å². The molecule has 0 aromatic heterocycles. The first kappa shape index (κ1) is 24.7. The second-order valence-corrected chi connectivity index (χ2v) is 12.3. The molecule has 1 N–H and O–H groups in total. The molecule has 6 heteroatoms. The molecule has 0 saturated heterocycles. The normalized spacial score (nSPS) is 45.4. The lowest BCUT2D eigenvalue weighted by Crippen LogP contribution is -2.57. The van der Waals surface area contributed by atoms with E-state index in [0.717, 1.165) is 64.3 Å². The Labute approximate surface area is 201 Å². The number of aldehydes is 1. The molecule has 10 atom stereocenters. The van der Waals surface area contributed by atoms with Crippen LogP contribution in [-0.4, -0.2) is 47.1 Å². The van der Waals surface area contributed by atoms with E-state index in [1.165, 1.54) is 6.42 Å². The number of aliphatic hydroxyl groups is 1. The zero-order chi connectivity index (χ0) is 22.9. The predicted octanol–water partition coefficient (Wildman–Crippen LogP) is 5.06. The Morgan fingerprint density at radius 2 is 1.97 bits per heavy atom. The summed E-state index contributed by atoms with van der Waals surface area (Å²) >= 11 is 3.82. The van der Waals surface area contributed by atoms with Gasteiger partial charge < -0.3 is 19.4 Å². The van der Waals surface area contributed by atoms with Crippen LogP contribution in [0, 0.1) is 35.0 Å². The summed E-state index contributed by atoms with van der Waals surface area (Å²) in [4.78, 5) is 22.7.